The van der Waals surface area contributed by atoms with Crippen LogP contribution in [0.1, 0.15) is 17.5 Å². The molecule has 0 radical (unpaired) electrons. The monoisotopic (exact) mass is 357 g/mol. The number of hydrogen-bond acceptors (Lipinski definition) is 2. The Balaban J connectivity index is 1.62. The molecule has 1 aliphatic rings. The number of amides is 3. The molecule has 2 aromatic carbocycles. The molecule has 3 rings (SSSR count). The molecule has 25 heavy (non-hydrogen) atoms. The van der Waals surface area contributed by atoms with Gasteiger partial charge >= 0.3 is 6.03 Å². The van der Waals surface area contributed by atoms with Gasteiger partial charge in [-0.2, -0.15) is 0 Å². The number of benzene rings is 2. The molecule has 6 heteroatoms. The molecule has 0 aliphatic carbocycles. The molecule has 2 N–H and O–H groups in total. The van der Waals surface area contributed by atoms with Crippen LogP contribution in [0.5, 0.6) is 0 Å². The van der Waals surface area contributed by atoms with Gasteiger partial charge in [-0.1, -0.05) is 35.4 Å². The zero-order valence-electron chi connectivity index (χ0n) is 14.2. The van der Waals surface area contributed by atoms with E-state index in [2.05, 4.69) is 10.6 Å². The molecule has 0 aromatic heterocycles. The van der Waals surface area contributed by atoms with Crippen molar-refractivity contribution in [1.29, 1.82) is 0 Å². The number of hydrogen-bond donors (Lipinski definition) is 2. The van der Waals surface area contributed by atoms with Gasteiger partial charge in [-0.15, -0.1) is 0 Å². The van der Waals surface area contributed by atoms with E-state index in [0.29, 0.717) is 17.3 Å². The highest BCUT2D eigenvalue weighted by Gasteiger charge is 2.31. The average molecular weight is 358 g/mol. The maximum Gasteiger partial charge on any atom is 0.319 e. The molecule has 5 nitrogen and oxygen atoms in total. The maximum atomic E-state index is 12.2. The Kier molecular flexibility index (Phi) is 4.95. The zero-order valence-corrected chi connectivity index (χ0v) is 14.9. The molecule has 130 valence electrons. The van der Waals surface area contributed by atoms with Crippen LogP contribution in [-0.2, 0) is 4.79 Å². The summed E-state index contributed by atoms with van der Waals surface area (Å²) in [5.41, 5.74) is 3.57. The van der Waals surface area contributed by atoms with Crippen molar-refractivity contribution in [2.75, 3.05) is 16.8 Å². The first-order valence-electron chi connectivity index (χ1n) is 8.13. The molecule has 3 amide bonds. The number of anilines is 2. The van der Waals surface area contributed by atoms with Gasteiger partial charge in [-0.05, 0) is 43.7 Å². The summed E-state index contributed by atoms with van der Waals surface area (Å²) in [6, 6.07) is 12.5. The van der Waals surface area contributed by atoms with E-state index < -0.39 is 0 Å². The van der Waals surface area contributed by atoms with Crippen LogP contribution in [-0.4, -0.2) is 24.5 Å². The van der Waals surface area contributed by atoms with Crippen molar-refractivity contribution < 1.29 is 9.59 Å². The lowest BCUT2D eigenvalue weighted by Gasteiger charge is -2.18. The number of carbonyl (C=O) groups is 2. The minimum Gasteiger partial charge on any atom is -0.333 e. The van der Waals surface area contributed by atoms with Crippen LogP contribution in [0.2, 0.25) is 5.02 Å². The smallest absolute Gasteiger partial charge is 0.319 e. The van der Waals surface area contributed by atoms with E-state index in [1.165, 1.54) is 0 Å². The summed E-state index contributed by atoms with van der Waals surface area (Å²) in [5, 5.41) is 6.21. The summed E-state index contributed by atoms with van der Waals surface area (Å²) in [6.45, 7) is 4.36. The van der Waals surface area contributed by atoms with Gasteiger partial charge < -0.3 is 15.5 Å². The number of aryl methyl sites for hydroxylation is 2. The summed E-state index contributed by atoms with van der Waals surface area (Å²) < 4.78 is 0. The second-order valence-electron chi connectivity index (χ2n) is 6.30. The molecule has 0 saturated carbocycles. The lowest BCUT2D eigenvalue weighted by atomic mass is 10.2. The van der Waals surface area contributed by atoms with Crippen molar-refractivity contribution in [3.63, 3.8) is 0 Å². The van der Waals surface area contributed by atoms with Crippen LogP contribution in [0, 0.1) is 13.8 Å². The van der Waals surface area contributed by atoms with E-state index >= 15 is 0 Å². The van der Waals surface area contributed by atoms with Gasteiger partial charge in [-0.25, -0.2) is 4.79 Å². The van der Waals surface area contributed by atoms with Crippen LogP contribution in [0.3, 0.4) is 0 Å². The summed E-state index contributed by atoms with van der Waals surface area (Å²) in [4.78, 5) is 26.2. The van der Waals surface area contributed by atoms with E-state index in [0.717, 1.165) is 16.8 Å². The number of halogens is 1. The van der Waals surface area contributed by atoms with Crippen molar-refractivity contribution in [3.8, 4) is 0 Å². The van der Waals surface area contributed by atoms with Gasteiger partial charge in [0.05, 0.1) is 6.04 Å². The Morgan fingerprint density at radius 1 is 1.16 bits per heavy atom. The molecule has 1 fully saturated rings. The Bertz CT molecular complexity index is 805. The minimum atomic E-state index is -0.339. The number of urea groups is 1. The third-order valence-corrected chi connectivity index (χ3v) is 4.49. The molecule has 1 aliphatic heterocycles. The molecule has 0 spiro atoms. The molecular weight excluding hydrogens is 338 g/mol. The van der Waals surface area contributed by atoms with Gasteiger partial charge in [0.1, 0.15) is 0 Å². The SMILES string of the molecule is Cc1ccc(N2C[C@H](NC(=O)Nc3cc(Cl)ccc3C)CC2=O)cc1. The molecule has 1 atom stereocenters. The highest BCUT2D eigenvalue weighted by Crippen LogP contribution is 2.23. The van der Waals surface area contributed by atoms with Crippen LogP contribution < -0.4 is 15.5 Å². The lowest BCUT2D eigenvalue weighted by Crippen LogP contribution is -2.39. The van der Waals surface area contributed by atoms with Crippen LogP contribution >= 0.6 is 11.6 Å². The van der Waals surface area contributed by atoms with Crippen molar-refractivity contribution in [3.05, 3.63) is 58.6 Å². The molecule has 1 heterocycles. The third kappa shape index (κ3) is 4.12. The molecular formula is C19H20ClN3O2. The number of carbonyl (C=O) groups excluding carboxylic acids is 2. The number of rotatable bonds is 3. The standard InChI is InChI=1S/C19H20ClN3O2/c1-12-3-7-16(8-4-12)23-11-15(10-18(23)24)21-19(25)22-17-9-14(20)6-5-13(17)2/h3-9,15H,10-11H2,1-2H3,(H2,21,22,25)/t15-/m1/s1. The van der Waals surface area contributed by atoms with E-state index in [1.54, 1.807) is 17.0 Å². The average Bonchev–Trinajstić information content (AvgIpc) is 2.92. The highest BCUT2D eigenvalue weighted by molar-refractivity contribution is 6.31. The molecule has 0 bridgehead atoms. The summed E-state index contributed by atoms with van der Waals surface area (Å²) >= 11 is 5.96. The van der Waals surface area contributed by atoms with E-state index in [9.17, 15) is 9.59 Å². The first-order valence-corrected chi connectivity index (χ1v) is 8.51. The Morgan fingerprint density at radius 3 is 2.60 bits per heavy atom. The zero-order chi connectivity index (χ0) is 18.0. The predicted octanol–water partition coefficient (Wildman–Crippen LogP) is 3.88. The second-order valence-corrected chi connectivity index (χ2v) is 6.74. The molecule has 2 aromatic rings. The second kappa shape index (κ2) is 7.15. The van der Waals surface area contributed by atoms with Crippen molar-refractivity contribution >= 4 is 34.9 Å². The fourth-order valence-corrected chi connectivity index (χ4v) is 3.02. The minimum absolute atomic E-state index is 0.00749. The van der Waals surface area contributed by atoms with E-state index in [1.807, 2.05) is 44.2 Å². The Morgan fingerprint density at radius 2 is 1.88 bits per heavy atom. The number of nitrogens with zero attached hydrogens (tertiary/aromatic N) is 1. The van der Waals surface area contributed by atoms with E-state index in [-0.39, 0.29) is 24.4 Å². The van der Waals surface area contributed by atoms with Gasteiger partial charge in [-0.3, -0.25) is 4.79 Å². The summed E-state index contributed by atoms with van der Waals surface area (Å²) in [7, 11) is 0. The van der Waals surface area contributed by atoms with Crippen molar-refractivity contribution in [2.45, 2.75) is 26.3 Å². The Labute approximate surface area is 152 Å². The van der Waals surface area contributed by atoms with Gasteiger partial charge in [0.2, 0.25) is 5.91 Å². The van der Waals surface area contributed by atoms with Gasteiger partial charge in [0.25, 0.3) is 0 Å². The van der Waals surface area contributed by atoms with Crippen LogP contribution in [0.25, 0.3) is 0 Å². The summed E-state index contributed by atoms with van der Waals surface area (Å²) in [5.74, 6) is 0.00749. The molecule has 0 unspecified atom stereocenters. The van der Waals surface area contributed by atoms with Crippen LogP contribution in [0.4, 0.5) is 16.2 Å². The number of nitrogens with one attached hydrogen (secondary N) is 2. The maximum absolute atomic E-state index is 12.2. The van der Waals surface area contributed by atoms with Gasteiger partial charge in [0, 0.05) is 29.4 Å². The largest absolute Gasteiger partial charge is 0.333 e. The van der Waals surface area contributed by atoms with Crippen LogP contribution in [0.15, 0.2) is 42.5 Å². The fraction of sp³-hybridized carbons (Fsp3) is 0.263. The fourth-order valence-electron chi connectivity index (χ4n) is 2.85. The first-order chi connectivity index (χ1) is 11.9. The third-order valence-electron chi connectivity index (χ3n) is 4.25. The van der Waals surface area contributed by atoms with Crippen molar-refractivity contribution in [1.82, 2.24) is 5.32 Å². The topological polar surface area (TPSA) is 61.4 Å². The van der Waals surface area contributed by atoms with E-state index in [4.69, 9.17) is 11.6 Å². The summed E-state index contributed by atoms with van der Waals surface area (Å²) in [6.07, 6.45) is 0.288. The highest BCUT2D eigenvalue weighted by atomic mass is 35.5. The Hall–Kier alpha value is -2.53. The first kappa shape index (κ1) is 17.3. The molecule has 1 saturated heterocycles. The van der Waals surface area contributed by atoms with Crippen molar-refractivity contribution in [2.24, 2.45) is 0 Å². The normalized spacial score (nSPS) is 16.8. The quantitative estimate of drug-likeness (QED) is 0.875. The predicted molar refractivity (Wildman–Crippen MR) is 100 cm³/mol. The lowest BCUT2D eigenvalue weighted by molar-refractivity contribution is -0.117. The van der Waals surface area contributed by atoms with Gasteiger partial charge in [0.15, 0.2) is 0 Å².